The number of hydrogen-bond donors (Lipinski definition) is 1. The Bertz CT molecular complexity index is 894. The number of methoxy groups -OCH3 is 1. The van der Waals surface area contributed by atoms with E-state index in [0.717, 1.165) is 10.0 Å². The molecule has 1 heterocycles. The van der Waals surface area contributed by atoms with Crippen LogP contribution in [0.5, 0.6) is 5.75 Å². The van der Waals surface area contributed by atoms with Crippen LogP contribution in [0.25, 0.3) is 0 Å². The minimum Gasteiger partial charge on any atom is -0.495 e. The summed E-state index contributed by atoms with van der Waals surface area (Å²) in [6.07, 6.45) is 3.03. The Morgan fingerprint density at radius 1 is 1.20 bits per heavy atom. The fraction of sp³-hybridized carbons (Fsp3) is 0.353. The van der Waals surface area contributed by atoms with Crippen molar-refractivity contribution >= 4 is 26.0 Å². The van der Waals surface area contributed by atoms with Gasteiger partial charge < -0.3 is 9.30 Å². The molecule has 0 spiro atoms. The van der Waals surface area contributed by atoms with E-state index in [0.29, 0.717) is 31.7 Å². The lowest BCUT2D eigenvalue weighted by Gasteiger charge is -2.11. The molecule has 0 saturated heterocycles. The smallest absolute Gasteiger partial charge is 0.250 e. The average Bonchev–Trinajstić information content (AvgIpc) is 2.57. The van der Waals surface area contributed by atoms with E-state index in [1.165, 1.54) is 13.2 Å². The largest absolute Gasteiger partial charge is 0.495 e. The zero-order valence-corrected chi connectivity index (χ0v) is 16.6. The van der Waals surface area contributed by atoms with Crippen LogP contribution in [0.3, 0.4) is 0 Å². The van der Waals surface area contributed by atoms with Crippen LogP contribution in [0.1, 0.15) is 18.4 Å². The normalized spacial score (nSPS) is 11.5. The van der Waals surface area contributed by atoms with Gasteiger partial charge >= 0.3 is 0 Å². The number of aryl methyl sites for hydroxylation is 2. The highest BCUT2D eigenvalue weighted by atomic mass is 79.9. The molecule has 0 amide bonds. The topological polar surface area (TPSA) is 77.4 Å². The van der Waals surface area contributed by atoms with Crippen molar-refractivity contribution < 1.29 is 13.2 Å². The molecule has 0 atom stereocenters. The van der Waals surface area contributed by atoms with Crippen LogP contribution in [0.4, 0.5) is 0 Å². The van der Waals surface area contributed by atoms with Gasteiger partial charge in [-0.05, 0) is 59.5 Å². The first kappa shape index (κ1) is 19.7. The molecule has 2 aromatic rings. The van der Waals surface area contributed by atoms with E-state index in [1.54, 1.807) is 35.0 Å². The van der Waals surface area contributed by atoms with E-state index in [4.69, 9.17) is 4.74 Å². The van der Waals surface area contributed by atoms with Crippen molar-refractivity contribution in [1.82, 2.24) is 9.29 Å². The molecular weight excluding hydrogens is 408 g/mol. The molecule has 6 nitrogen and oxygen atoms in total. The lowest BCUT2D eigenvalue weighted by atomic mass is 10.2. The summed E-state index contributed by atoms with van der Waals surface area (Å²) in [6, 6.07) is 8.22. The SMILES string of the molecule is COc1ccc(C)cc1S(=O)(=O)NCCCCn1cc(Br)ccc1=O. The third kappa shape index (κ3) is 5.42. The third-order valence-electron chi connectivity index (χ3n) is 3.67. The summed E-state index contributed by atoms with van der Waals surface area (Å²) in [4.78, 5) is 11.8. The molecule has 0 aliphatic heterocycles. The maximum Gasteiger partial charge on any atom is 0.250 e. The van der Waals surface area contributed by atoms with E-state index >= 15 is 0 Å². The van der Waals surface area contributed by atoms with Gasteiger partial charge in [0.05, 0.1) is 7.11 Å². The van der Waals surface area contributed by atoms with E-state index in [1.807, 2.05) is 6.92 Å². The molecule has 0 aliphatic rings. The maximum atomic E-state index is 12.4. The van der Waals surface area contributed by atoms with Crippen LogP contribution in [-0.4, -0.2) is 26.6 Å². The van der Waals surface area contributed by atoms with Gasteiger partial charge in [-0.2, -0.15) is 0 Å². The minimum atomic E-state index is -3.64. The number of aromatic nitrogens is 1. The van der Waals surface area contributed by atoms with Crippen molar-refractivity contribution in [3.63, 3.8) is 0 Å². The van der Waals surface area contributed by atoms with Crippen molar-refractivity contribution in [3.05, 3.63) is 56.9 Å². The number of ether oxygens (including phenoxy) is 1. The quantitative estimate of drug-likeness (QED) is 0.655. The Balaban J connectivity index is 1.92. The zero-order valence-electron chi connectivity index (χ0n) is 14.2. The van der Waals surface area contributed by atoms with Crippen LogP contribution >= 0.6 is 15.9 Å². The predicted molar refractivity (Wildman–Crippen MR) is 101 cm³/mol. The molecule has 0 unspecified atom stereocenters. The molecule has 0 radical (unpaired) electrons. The second-order valence-corrected chi connectivity index (χ2v) is 8.29. The Morgan fingerprint density at radius 3 is 2.68 bits per heavy atom. The molecule has 0 aliphatic carbocycles. The summed E-state index contributed by atoms with van der Waals surface area (Å²) < 4.78 is 35.0. The Hall–Kier alpha value is -1.64. The molecule has 1 aromatic heterocycles. The summed E-state index contributed by atoms with van der Waals surface area (Å²) in [6.45, 7) is 2.66. The van der Waals surface area contributed by atoms with Crippen LogP contribution in [0, 0.1) is 6.92 Å². The molecule has 2 rings (SSSR count). The molecule has 8 heteroatoms. The highest BCUT2D eigenvalue weighted by Gasteiger charge is 2.18. The van der Waals surface area contributed by atoms with Gasteiger partial charge in [0.1, 0.15) is 10.6 Å². The molecule has 1 aromatic carbocycles. The van der Waals surface area contributed by atoms with Gasteiger partial charge in [-0.1, -0.05) is 6.07 Å². The summed E-state index contributed by atoms with van der Waals surface area (Å²) >= 11 is 3.33. The van der Waals surface area contributed by atoms with Crippen molar-refractivity contribution in [3.8, 4) is 5.75 Å². The Morgan fingerprint density at radius 2 is 1.96 bits per heavy atom. The van der Waals surface area contributed by atoms with Crippen molar-refractivity contribution in [2.24, 2.45) is 0 Å². The highest BCUT2D eigenvalue weighted by Crippen LogP contribution is 2.24. The number of rotatable bonds is 8. The van der Waals surface area contributed by atoms with Gasteiger partial charge in [0.2, 0.25) is 10.0 Å². The first-order valence-electron chi connectivity index (χ1n) is 7.84. The molecule has 0 saturated carbocycles. The number of nitrogens with zero attached hydrogens (tertiary/aromatic N) is 1. The summed E-state index contributed by atoms with van der Waals surface area (Å²) in [5, 5.41) is 0. The van der Waals surface area contributed by atoms with E-state index in [9.17, 15) is 13.2 Å². The molecule has 0 fully saturated rings. The fourth-order valence-corrected chi connectivity index (χ4v) is 4.07. The number of pyridine rings is 1. The van der Waals surface area contributed by atoms with E-state index in [-0.39, 0.29) is 10.5 Å². The maximum absolute atomic E-state index is 12.4. The fourth-order valence-electron chi connectivity index (χ4n) is 2.36. The monoisotopic (exact) mass is 428 g/mol. The predicted octanol–water partition coefficient (Wildman–Crippen LogP) is 2.69. The third-order valence-corrected chi connectivity index (χ3v) is 5.63. The standard InChI is InChI=1S/C17H21BrN2O4S/c1-13-5-7-15(24-2)16(11-13)25(22,23)19-9-3-4-10-20-12-14(18)6-8-17(20)21/h5-8,11-12,19H,3-4,9-10H2,1-2H3. The van der Waals surface area contributed by atoms with Gasteiger partial charge in [0.25, 0.3) is 5.56 Å². The number of nitrogens with one attached hydrogen (secondary N) is 1. The van der Waals surface area contributed by atoms with Crippen LogP contribution in [0.15, 0.2) is 50.7 Å². The van der Waals surface area contributed by atoms with Gasteiger partial charge in [0, 0.05) is 29.8 Å². The molecular formula is C17H21BrN2O4S. The zero-order chi connectivity index (χ0) is 18.4. The number of benzene rings is 1. The van der Waals surface area contributed by atoms with Crippen molar-refractivity contribution in [1.29, 1.82) is 0 Å². The highest BCUT2D eigenvalue weighted by molar-refractivity contribution is 9.10. The van der Waals surface area contributed by atoms with Crippen molar-refractivity contribution in [2.45, 2.75) is 31.2 Å². The van der Waals surface area contributed by atoms with Gasteiger partial charge in [0.15, 0.2) is 0 Å². The number of unbranched alkanes of at least 4 members (excludes halogenated alkanes) is 1. The number of hydrogen-bond acceptors (Lipinski definition) is 4. The van der Waals surface area contributed by atoms with Gasteiger partial charge in [-0.25, -0.2) is 13.1 Å². The van der Waals surface area contributed by atoms with Gasteiger partial charge in [-0.15, -0.1) is 0 Å². The summed E-state index contributed by atoms with van der Waals surface area (Å²) in [7, 11) is -2.19. The molecule has 0 bridgehead atoms. The Labute approximate surface area is 156 Å². The minimum absolute atomic E-state index is 0.0757. The number of halogens is 1. The van der Waals surface area contributed by atoms with E-state index in [2.05, 4.69) is 20.7 Å². The first-order valence-corrected chi connectivity index (χ1v) is 10.1. The second-order valence-electron chi connectivity index (χ2n) is 5.64. The van der Waals surface area contributed by atoms with Crippen LogP contribution < -0.4 is 15.0 Å². The van der Waals surface area contributed by atoms with E-state index < -0.39 is 10.0 Å². The van der Waals surface area contributed by atoms with Gasteiger partial charge in [-0.3, -0.25) is 4.79 Å². The lowest BCUT2D eigenvalue weighted by molar-refractivity contribution is 0.402. The molecule has 25 heavy (non-hydrogen) atoms. The summed E-state index contributed by atoms with van der Waals surface area (Å²) in [5.74, 6) is 0.318. The first-order chi connectivity index (χ1) is 11.8. The van der Waals surface area contributed by atoms with Crippen LogP contribution in [0.2, 0.25) is 0 Å². The van der Waals surface area contributed by atoms with Crippen LogP contribution in [-0.2, 0) is 16.6 Å². The second kappa shape index (κ2) is 8.64. The molecule has 136 valence electrons. The average molecular weight is 429 g/mol. The Kier molecular flexibility index (Phi) is 6.80. The number of sulfonamides is 1. The lowest BCUT2D eigenvalue weighted by Crippen LogP contribution is -2.26. The van der Waals surface area contributed by atoms with Crippen molar-refractivity contribution in [2.75, 3.05) is 13.7 Å². The molecule has 1 N–H and O–H groups in total. The summed E-state index contributed by atoms with van der Waals surface area (Å²) in [5.41, 5.74) is 0.767.